The molecule has 0 unspecified atom stereocenters. The minimum absolute atomic E-state index is 0.0963. The molecule has 0 amide bonds. The van der Waals surface area contributed by atoms with E-state index in [4.69, 9.17) is 23.2 Å². The van der Waals surface area contributed by atoms with Gasteiger partial charge in [-0.05, 0) is 36.5 Å². The van der Waals surface area contributed by atoms with Gasteiger partial charge < -0.3 is 10.6 Å². The number of nitriles is 2. The van der Waals surface area contributed by atoms with Crippen LogP contribution in [0.3, 0.4) is 0 Å². The molecule has 0 saturated heterocycles. The van der Waals surface area contributed by atoms with E-state index in [2.05, 4.69) is 52.8 Å². The third-order valence-corrected chi connectivity index (χ3v) is 7.82. The van der Waals surface area contributed by atoms with Crippen molar-refractivity contribution in [2.75, 3.05) is 17.2 Å². The number of nitrogens with one attached hydrogen (secondary N) is 2. The molecule has 2 N–H and O–H groups in total. The second kappa shape index (κ2) is 10.6. The molecule has 1 atom stereocenters. The minimum atomic E-state index is -4.49. The third-order valence-electron chi connectivity index (χ3n) is 7.11. The zero-order chi connectivity index (χ0) is 30.4. The van der Waals surface area contributed by atoms with Crippen LogP contribution in [0.1, 0.15) is 62.0 Å². The topological polar surface area (TPSA) is 115 Å². The van der Waals surface area contributed by atoms with E-state index in [9.17, 15) is 23.7 Å². The highest BCUT2D eigenvalue weighted by molar-refractivity contribution is 6.36. The number of halogens is 5. The van der Waals surface area contributed by atoms with Gasteiger partial charge in [0.25, 0.3) is 0 Å². The van der Waals surface area contributed by atoms with Crippen LogP contribution in [0.4, 0.5) is 24.5 Å². The molecule has 1 aliphatic rings. The molecule has 0 radical (unpaired) electrons. The first kappa shape index (κ1) is 29.4. The molecule has 1 fully saturated rings. The number of aromatic nitrogens is 4. The quantitative estimate of drug-likeness (QED) is 0.221. The summed E-state index contributed by atoms with van der Waals surface area (Å²) in [6.45, 7) is 6.71. The highest BCUT2D eigenvalue weighted by atomic mass is 35.5. The van der Waals surface area contributed by atoms with Gasteiger partial charge in [0.05, 0.1) is 44.6 Å². The molecule has 4 aromatic rings. The zero-order valence-electron chi connectivity index (χ0n) is 22.8. The molecule has 13 heteroatoms. The van der Waals surface area contributed by atoms with Crippen molar-refractivity contribution < 1.29 is 13.2 Å². The summed E-state index contributed by atoms with van der Waals surface area (Å²) in [5.41, 5.74) is 0.359. The fraction of sp³-hybridized carbons (Fsp3) is 0.345. The SMILES string of the molecule is CC(C)(C)CNc1c(C#N)cnc2c(Cl)cc(N[C@H](c3cn(C4(C(F)(F)F)CC4)nn3)c3cccc(C#N)c3Cl)cc12. The Labute approximate surface area is 250 Å². The van der Waals surface area contributed by atoms with Gasteiger partial charge >= 0.3 is 6.18 Å². The van der Waals surface area contributed by atoms with Gasteiger partial charge in [-0.15, -0.1) is 5.10 Å². The van der Waals surface area contributed by atoms with E-state index >= 15 is 0 Å². The Morgan fingerprint density at radius 3 is 2.43 bits per heavy atom. The monoisotopic (exact) mass is 612 g/mol. The van der Waals surface area contributed by atoms with E-state index in [1.165, 1.54) is 18.5 Å². The second-order valence-corrected chi connectivity index (χ2v) is 12.2. The molecule has 0 aliphatic heterocycles. The predicted molar refractivity (Wildman–Crippen MR) is 154 cm³/mol. The van der Waals surface area contributed by atoms with Crippen LogP contribution in [0, 0.1) is 28.1 Å². The van der Waals surface area contributed by atoms with E-state index in [0.29, 0.717) is 39.9 Å². The van der Waals surface area contributed by atoms with Crippen molar-refractivity contribution in [2.24, 2.45) is 5.41 Å². The Hall–Kier alpha value is -4.06. The number of hydrogen-bond donors (Lipinski definition) is 2. The summed E-state index contributed by atoms with van der Waals surface area (Å²) < 4.78 is 42.4. The fourth-order valence-electron chi connectivity index (χ4n) is 4.69. The Morgan fingerprint density at radius 2 is 1.81 bits per heavy atom. The van der Waals surface area contributed by atoms with Crippen LogP contribution in [-0.4, -0.2) is 32.7 Å². The zero-order valence-corrected chi connectivity index (χ0v) is 24.3. The van der Waals surface area contributed by atoms with Crippen molar-refractivity contribution in [3.63, 3.8) is 0 Å². The number of hydrogen-bond acceptors (Lipinski definition) is 7. The molecular formula is C29H25Cl2F3N8. The van der Waals surface area contributed by atoms with Gasteiger partial charge in [0.15, 0.2) is 5.54 Å². The average molecular weight is 613 g/mol. The van der Waals surface area contributed by atoms with Crippen molar-refractivity contribution in [3.05, 3.63) is 75.2 Å². The smallest absolute Gasteiger partial charge is 0.383 e. The molecule has 216 valence electrons. The number of rotatable bonds is 7. The first-order valence-corrected chi connectivity index (χ1v) is 13.7. The molecule has 2 aromatic carbocycles. The number of pyridine rings is 1. The molecule has 5 rings (SSSR count). The Bertz CT molecular complexity index is 1760. The second-order valence-electron chi connectivity index (χ2n) is 11.4. The maximum atomic E-state index is 13.8. The van der Waals surface area contributed by atoms with Crippen LogP contribution < -0.4 is 10.6 Å². The van der Waals surface area contributed by atoms with Crippen molar-refractivity contribution in [1.82, 2.24) is 20.0 Å². The summed E-state index contributed by atoms with van der Waals surface area (Å²) in [5, 5.41) is 34.9. The summed E-state index contributed by atoms with van der Waals surface area (Å²) >= 11 is 13.3. The molecular weight excluding hydrogens is 588 g/mol. The first-order valence-electron chi connectivity index (χ1n) is 13.0. The Morgan fingerprint density at radius 1 is 1.10 bits per heavy atom. The molecule has 0 bridgehead atoms. The standard InChI is InChI=1S/C29H25Cl2F3N8/c1-27(2,3)15-38-24-17(12-36)13-37-25-20(24)9-18(10-21(25)30)39-26(19-6-4-5-16(11-35)23(19)31)22-14-42(41-40-22)28(7-8-28)29(32,33)34/h4-6,9-10,13-14,26,39H,7-8,15H2,1-3H3,(H,37,38)/t26-/m0/s1. The van der Waals surface area contributed by atoms with Crippen LogP contribution in [0.15, 0.2) is 42.7 Å². The van der Waals surface area contributed by atoms with Crippen LogP contribution in [-0.2, 0) is 5.54 Å². The van der Waals surface area contributed by atoms with Gasteiger partial charge in [0.2, 0.25) is 0 Å². The van der Waals surface area contributed by atoms with E-state index in [0.717, 1.165) is 4.68 Å². The molecule has 8 nitrogen and oxygen atoms in total. The maximum Gasteiger partial charge on any atom is 0.413 e. The molecule has 42 heavy (non-hydrogen) atoms. The predicted octanol–water partition coefficient (Wildman–Crippen LogP) is 7.59. The van der Waals surface area contributed by atoms with Crippen molar-refractivity contribution >= 4 is 45.5 Å². The highest BCUT2D eigenvalue weighted by Gasteiger charge is 2.66. The normalized spacial score (nSPS) is 15.1. The molecule has 2 aromatic heterocycles. The van der Waals surface area contributed by atoms with E-state index < -0.39 is 17.8 Å². The van der Waals surface area contributed by atoms with Crippen molar-refractivity contribution in [3.8, 4) is 12.1 Å². The van der Waals surface area contributed by atoms with E-state index in [-0.39, 0.29) is 39.6 Å². The summed E-state index contributed by atoms with van der Waals surface area (Å²) in [5.74, 6) is 0. The largest absolute Gasteiger partial charge is 0.413 e. The van der Waals surface area contributed by atoms with Crippen LogP contribution in [0.2, 0.25) is 10.0 Å². The molecule has 2 heterocycles. The van der Waals surface area contributed by atoms with Crippen LogP contribution >= 0.6 is 23.2 Å². The minimum Gasteiger partial charge on any atom is -0.383 e. The lowest BCUT2D eigenvalue weighted by Crippen LogP contribution is -2.35. The van der Waals surface area contributed by atoms with Crippen LogP contribution in [0.25, 0.3) is 10.9 Å². The van der Waals surface area contributed by atoms with Gasteiger partial charge in [-0.1, -0.05) is 61.3 Å². The summed E-state index contributed by atoms with van der Waals surface area (Å²) in [6, 6.07) is 11.5. The Balaban J connectivity index is 1.63. The van der Waals surface area contributed by atoms with E-state index in [1.54, 1.807) is 24.3 Å². The maximum absolute atomic E-state index is 13.8. The summed E-state index contributed by atoms with van der Waals surface area (Å²) in [6.07, 6.45) is -1.98. The van der Waals surface area contributed by atoms with E-state index in [1.807, 2.05) is 6.07 Å². The van der Waals surface area contributed by atoms with Gasteiger partial charge in [-0.3, -0.25) is 4.98 Å². The average Bonchev–Trinajstić information content (AvgIpc) is 3.61. The van der Waals surface area contributed by atoms with Gasteiger partial charge in [-0.25, -0.2) is 4.68 Å². The molecule has 1 aliphatic carbocycles. The number of nitrogens with zero attached hydrogens (tertiary/aromatic N) is 6. The highest BCUT2D eigenvalue weighted by Crippen LogP contribution is 2.55. The number of fused-ring (bicyclic) bond motifs is 1. The lowest BCUT2D eigenvalue weighted by Gasteiger charge is -2.23. The Kier molecular flexibility index (Phi) is 7.46. The number of benzene rings is 2. The van der Waals surface area contributed by atoms with Crippen molar-refractivity contribution in [2.45, 2.75) is 51.4 Å². The third kappa shape index (κ3) is 5.42. The first-order chi connectivity index (χ1) is 19.8. The fourth-order valence-corrected chi connectivity index (χ4v) is 5.23. The number of anilines is 2. The summed E-state index contributed by atoms with van der Waals surface area (Å²) in [4.78, 5) is 4.38. The van der Waals surface area contributed by atoms with Crippen LogP contribution in [0.5, 0.6) is 0 Å². The lowest BCUT2D eigenvalue weighted by atomic mass is 9.96. The van der Waals surface area contributed by atoms with Gasteiger partial charge in [0, 0.05) is 29.4 Å². The van der Waals surface area contributed by atoms with Gasteiger partial charge in [0.1, 0.15) is 17.8 Å². The molecule has 0 spiro atoms. The number of alkyl halides is 3. The lowest BCUT2D eigenvalue weighted by molar-refractivity contribution is -0.182. The van der Waals surface area contributed by atoms with Gasteiger partial charge in [-0.2, -0.15) is 23.7 Å². The summed E-state index contributed by atoms with van der Waals surface area (Å²) in [7, 11) is 0. The van der Waals surface area contributed by atoms with Crippen molar-refractivity contribution in [1.29, 1.82) is 10.5 Å². The molecule has 1 saturated carbocycles.